The van der Waals surface area contributed by atoms with Crippen LogP contribution in [0.1, 0.15) is 21.9 Å². The second-order valence-electron chi connectivity index (χ2n) is 7.10. The lowest BCUT2D eigenvalue weighted by Gasteiger charge is -2.33. The van der Waals surface area contributed by atoms with Gasteiger partial charge in [-0.2, -0.15) is 8.78 Å². The fourth-order valence-electron chi connectivity index (χ4n) is 3.26. The number of carbonyl (C=O) groups excluding carboxylic acids is 2. The van der Waals surface area contributed by atoms with Crippen LogP contribution in [0, 0.1) is 6.92 Å². The molecule has 1 fully saturated rings. The second kappa shape index (κ2) is 10.2. The van der Waals surface area contributed by atoms with Crippen molar-refractivity contribution in [3.63, 3.8) is 0 Å². The Labute approximate surface area is 173 Å². The minimum absolute atomic E-state index is 0.0888. The number of nitrogens with one attached hydrogen (secondary N) is 1. The van der Waals surface area contributed by atoms with Crippen LogP contribution in [0.4, 0.5) is 8.78 Å². The Morgan fingerprint density at radius 1 is 1.10 bits per heavy atom. The fourth-order valence-corrected chi connectivity index (χ4v) is 3.26. The summed E-state index contributed by atoms with van der Waals surface area (Å²) in [6, 6.07) is 9.79. The molecule has 1 aromatic carbocycles. The Morgan fingerprint density at radius 3 is 2.40 bits per heavy atom. The molecular formula is C21H25F2N3O4. The van der Waals surface area contributed by atoms with Crippen molar-refractivity contribution in [2.45, 2.75) is 20.0 Å². The van der Waals surface area contributed by atoms with Gasteiger partial charge in [0.25, 0.3) is 5.91 Å². The van der Waals surface area contributed by atoms with E-state index in [2.05, 4.69) is 10.1 Å². The Bertz CT molecular complexity index is 846. The monoisotopic (exact) mass is 421 g/mol. The van der Waals surface area contributed by atoms with E-state index in [9.17, 15) is 18.4 Å². The van der Waals surface area contributed by atoms with Gasteiger partial charge in [-0.05, 0) is 43.2 Å². The van der Waals surface area contributed by atoms with Gasteiger partial charge in [-0.15, -0.1) is 0 Å². The van der Waals surface area contributed by atoms with E-state index >= 15 is 0 Å². The summed E-state index contributed by atoms with van der Waals surface area (Å²) in [5.41, 5.74) is 0.914. The molecule has 1 aromatic heterocycles. The molecule has 3 rings (SSSR count). The number of benzene rings is 1. The van der Waals surface area contributed by atoms with Crippen LogP contribution in [0.5, 0.6) is 5.75 Å². The first kappa shape index (κ1) is 21.8. The molecule has 0 saturated carbocycles. The molecule has 1 aliphatic rings. The first-order chi connectivity index (χ1) is 14.4. The average molecular weight is 421 g/mol. The van der Waals surface area contributed by atoms with Gasteiger partial charge >= 0.3 is 6.61 Å². The van der Waals surface area contributed by atoms with Crippen LogP contribution in [0.2, 0.25) is 0 Å². The topological polar surface area (TPSA) is 75.0 Å². The predicted octanol–water partition coefficient (Wildman–Crippen LogP) is 2.31. The number of piperazine rings is 1. The molecule has 9 heteroatoms. The summed E-state index contributed by atoms with van der Waals surface area (Å²) in [5, 5.41) is 2.86. The van der Waals surface area contributed by atoms with E-state index in [1.165, 1.54) is 12.1 Å². The summed E-state index contributed by atoms with van der Waals surface area (Å²) in [6.07, 6.45) is 0.589. The third-order valence-electron chi connectivity index (χ3n) is 4.86. The number of nitrogens with zero attached hydrogens (tertiary/aromatic N) is 2. The maximum Gasteiger partial charge on any atom is 0.387 e. The van der Waals surface area contributed by atoms with Gasteiger partial charge in [-0.25, -0.2) is 0 Å². The highest BCUT2D eigenvalue weighted by atomic mass is 19.3. The molecule has 0 aliphatic carbocycles. The quantitative estimate of drug-likeness (QED) is 0.708. The van der Waals surface area contributed by atoms with Crippen molar-refractivity contribution in [1.82, 2.24) is 15.1 Å². The summed E-state index contributed by atoms with van der Waals surface area (Å²) < 4.78 is 34.0. The average Bonchev–Trinajstić information content (AvgIpc) is 3.15. The number of furan rings is 1. The van der Waals surface area contributed by atoms with Gasteiger partial charge in [0.1, 0.15) is 11.5 Å². The molecule has 0 atom stereocenters. The van der Waals surface area contributed by atoms with Crippen molar-refractivity contribution in [2.75, 3.05) is 39.3 Å². The third-order valence-corrected chi connectivity index (χ3v) is 4.86. The van der Waals surface area contributed by atoms with Crippen molar-refractivity contribution < 1.29 is 27.5 Å². The minimum atomic E-state index is -2.84. The van der Waals surface area contributed by atoms with Crippen LogP contribution in [-0.4, -0.2) is 67.5 Å². The predicted molar refractivity (Wildman–Crippen MR) is 106 cm³/mol. The lowest BCUT2D eigenvalue weighted by Crippen LogP contribution is -2.51. The molecule has 1 saturated heterocycles. The van der Waals surface area contributed by atoms with E-state index in [-0.39, 0.29) is 24.1 Å². The number of rotatable bonds is 8. The molecule has 1 aliphatic heterocycles. The summed E-state index contributed by atoms with van der Waals surface area (Å²) in [4.78, 5) is 28.3. The number of aryl methyl sites for hydroxylation is 1. The van der Waals surface area contributed by atoms with Crippen LogP contribution in [0.15, 0.2) is 40.8 Å². The van der Waals surface area contributed by atoms with Crippen molar-refractivity contribution in [1.29, 1.82) is 0 Å². The third kappa shape index (κ3) is 6.28. The number of hydrogen-bond donors (Lipinski definition) is 1. The van der Waals surface area contributed by atoms with E-state index in [4.69, 9.17) is 4.42 Å². The number of halogens is 2. The van der Waals surface area contributed by atoms with Gasteiger partial charge in [0.05, 0.1) is 6.54 Å². The van der Waals surface area contributed by atoms with Crippen LogP contribution in [-0.2, 0) is 11.2 Å². The highest BCUT2D eigenvalue weighted by Crippen LogP contribution is 2.15. The zero-order valence-corrected chi connectivity index (χ0v) is 16.8. The first-order valence-electron chi connectivity index (χ1n) is 9.79. The first-order valence-corrected chi connectivity index (χ1v) is 9.79. The van der Waals surface area contributed by atoms with Crippen LogP contribution in [0.3, 0.4) is 0 Å². The molecule has 7 nitrogen and oxygen atoms in total. The number of hydrogen-bond acceptors (Lipinski definition) is 5. The smallest absolute Gasteiger partial charge is 0.387 e. The van der Waals surface area contributed by atoms with Gasteiger partial charge < -0.3 is 19.4 Å². The van der Waals surface area contributed by atoms with E-state index in [1.54, 1.807) is 36.1 Å². The van der Waals surface area contributed by atoms with E-state index in [0.29, 0.717) is 50.7 Å². The molecule has 2 aromatic rings. The minimum Gasteiger partial charge on any atom is -0.456 e. The zero-order valence-electron chi connectivity index (χ0n) is 16.8. The standard InChI is InChI=1S/C21H25F2N3O4/c1-15-2-7-18(29-15)20(28)26-12-10-25(11-13-26)14-19(27)24-9-8-16-3-5-17(6-4-16)30-21(22)23/h2-7,21H,8-14H2,1H3,(H,24,27). The van der Waals surface area contributed by atoms with Gasteiger partial charge in [-0.3, -0.25) is 14.5 Å². The van der Waals surface area contributed by atoms with Crippen molar-refractivity contribution in [3.05, 3.63) is 53.5 Å². The van der Waals surface area contributed by atoms with Crippen LogP contribution < -0.4 is 10.1 Å². The molecule has 162 valence electrons. The highest BCUT2D eigenvalue weighted by Gasteiger charge is 2.24. The lowest BCUT2D eigenvalue weighted by atomic mass is 10.1. The molecule has 30 heavy (non-hydrogen) atoms. The maximum absolute atomic E-state index is 12.4. The Hall–Kier alpha value is -2.94. The fraction of sp³-hybridized carbons (Fsp3) is 0.429. The van der Waals surface area contributed by atoms with Gasteiger partial charge in [-0.1, -0.05) is 12.1 Å². The molecule has 0 radical (unpaired) electrons. The molecule has 2 amide bonds. The summed E-state index contributed by atoms with van der Waals surface area (Å²) >= 11 is 0. The van der Waals surface area contributed by atoms with Crippen LogP contribution in [0.25, 0.3) is 0 Å². The highest BCUT2D eigenvalue weighted by molar-refractivity contribution is 5.91. The molecule has 2 heterocycles. The molecule has 0 spiro atoms. The molecular weight excluding hydrogens is 396 g/mol. The number of alkyl halides is 2. The number of ether oxygens (including phenoxy) is 1. The lowest BCUT2D eigenvalue weighted by molar-refractivity contribution is -0.122. The second-order valence-corrected chi connectivity index (χ2v) is 7.10. The normalized spacial score (nSPS) is 14.7. The Balaban J connectivity index is 1.34. The summed E-state index contributed by atoms with van der Waals surface area (Å²) in [6.45, 7) is 1.98. The largest absolute Gasteiger partial charge is 0.456 e. The van der Waals surface area contributed by atoms with Gasteiger partial charge in [0.2, 0.25) is 5.91 Å². The van der Waals surface area contributed by atoms with Crippen molar-refractivity contribution in [2.24, 2.45) is 0 Å². The Morgan fingerprint density at radius 2 is 1.80 bits per heavy atom. The van der Waals surface area contributed by atoms with E-state index < -0.39 is 6.61 Å². The molecule has 1 N–H and O–H groups in total. The summed E-state index contributed by atoms with van der Waals surface area (Å²) in [5.74, 6) is 0.933. The van der Waals surface area contributed by atoms with E-state index in [0.717, 1.165) is 5.56 Å². The SMILES string of the molecule is Cc1ccc(C(=O)N2CCN(CC(=O)NCCc3ccc(OC(F)F)cc3)CC2)o1. The van der Waals surface area contributed by atoms with Crippen LogP contribution >= 0.6 is 0 Å². The Kier molecular flexibility index (Phi) is 7.40. The van der Waals surface area contributed by atoms with Crippen molar-refractivity contribution in [3.8, 4) is 5.75 Å². The van der Waals surface area contributed by atoms with Gasteiger partial charge in [0.15, 0.2) is 5.76 Å². The van der Waals surface area contributed by atoms with Gasteiger partial charge in [0, 0.05) is 32.7 Å². The number of amides is 2. The molecule has 0 unspecified atom stereocenters. The molecule has 0 bridgehead atoms. The summed E-state index contributed by atoms with van der Waals surface area (Å²) in [7, 11) is 0. The maximum atomic E-state index is 12.4. The van der Waals surface area contributed by atoms with E-state index in [1.807, 2.05) is 4.90 Å². The van der Waals surface area contributed by atoms with Crippen molar-refractivity contribution >= 4 is 11.8 Å². The number of carbonyl (C=O) groups is 2. The zero-order chi connectivity index (χ0) is 21.5.